The Hall–Kier alpha value is -0.120. The summed E-state index contributed by atoms with van der Waals surface area (Å²) in [6, 6.07) is 0. The van der Waals surface area contributed by atoms with Gasteiger partial charge in [-0.25, -0.2) is 0 Å². The van der Waals surface area contributed by atoms with Crippen molar-refractivity contribution in [1.82, 2.24) is 0 Å². The third-order valence-corrected chi connectivity index (χ3v) is 4.25. The van der Waals surface area contributed by atoms with Crippen LogP contribution >= 0.6 is 0 Å². The maximum atomic E-state index is 10.3. The fraction of sp³-hybridized carbons (Fsp3) is 1.00. The van der Waals surface area contributed by atoms with E-state index in [1.165, 1.54) is 19.3 Å². The molecule has 1 saturated carbocycles. The molecule has 2 fully saturated rings. The molecule has 0 aromatic carbocycles. The van der Waals surface area contributed by atoms with Crippen LogP contribution in [0.25, 0.3) is 0 Å². The lowest BCUT2D eigenvalue weighted by molar-refractivity contribution is -0.104. The van der Waals surface area contributed by atoms with Crippen molar-refractivity contribution < 1.29 is 14.6 Å². The lowest BCUT2D eigenvalue weighted by atomic mass is 9.90. The molecule has 0 spiro atoms. The molecule has 1 aliphatic heterocycles. The first-order valence-corrected chi connectivity index (χ1v) is 6.62. The van der Waals surface area contributed by atoms with Gasteiger partial charge in [-0.05, 0) is 38.5 Å². The fourth-order valence-electron chi connectivity index (χ4n) is 3.13. The second-order valence-electron chi connectivity index (χ2n) is 5.20. The third kappa shape index (κ3) is 2.58. The van der Waals surface area contributed by atoms with E-state index in [1.807, 2.05) is 0 Å². The van der Waals surface area contributed by atoms with Gasteiger partial charge in [-0.15, -0.1) is 0 Å². The van der Waals surface area contributed by atoms with Crippen LogP contribution in [0.15, 0.2) is 0 Å². The Labute approximate surface area is 98.1 Å². The second-order valence-corrected chi connectivity index (χ2v) is 5.20. The standard InChI is InChI=1S/C13H24O3/c1-15-13(8-2-3-9-13)12(14)7-6-11-5-4-10-16-11/h11-12,14H,2-10H2,1H3. The number of aliphatic hydroxyl groups excluding tert-OH is 1. The van der Waals surface area contributed by atoms with Crippen LogP contribution in [0.1, 0.15) is 51.4 Å². The minimum absolute atomic E-state index is 0.251. The van der Waals surface area contributed by atoms with E-state index in [0.29, 0.717) is 6.10 Å². The summed E-state index contributed by atoms with van der Waals surface area (Å²) < 4.78 is 11.2. The Bertz CT molecular complexity index is 205. The molecule has 0 radical (unpaired) electrons. The van der Waals surface area contributed by atoms with Crippen LogP contribution in [-0.4, -0.2) is 36.6 Å². The monoisotopic (exact) mass is 228 g/mol. The molecule has 1 N–H and O–H groups in total. The molecule has 3 nitrogen and oxygen atoms in total. The lowest BCUT2D eigenvalue weighted by Gasteiger charge is -2.33. The predicted molar refractivity (Wildman–Crippen MR) is 62.4 cm³/mol. The van der Waals surface area contributed by atoms with Crippen LogP contribution in [0.5, 0.6) is 0 Å². The first-order valence-electron chi connectivity index (χ1n) is 6.62. The van der Waals surface area contributed by atoms with Crippen LogP contribution in [0.3, 0.4) is 0 Å². The zero-order valence-electron chi connectivity index (χ0n) is 10.3. The summed E-state index contributed by atoms with van der Waals surface area (Å²) in [6.45, 7) is 0.899. The summed E-state index contributed by atoms with van der Waals surface area (Å²) in [6.07, 6.45) is 8.59. The highest BCUT2D eigenvalue weighted by molar-refractivity contribution is 4.93. The summed E-state index contributed by atoms with van der Waals surface area (Å²) in [5.41, 5.74) is -0.251. The molecule has 2 unspecified atom stereocenters. The SMILES string of the molecule is COC1(C(O)CCC2CCCO2)CCCC1. The van der Waals surface area contributed by atoms with E-state index in [9.17, 15) is 5.11 Å². The molecule has 0 bridgehead atoms. The Kier molecular flexibility index (Phi) is 4.22. The molecular weight excluding hydrogens is 204 g/mol. The number of hydrogen-bond acceptors (Lipinski definition) is 3. The van der Waals surface area contributed by atoms with Crippen molar-refractivity contribution in [3.05, 3.63) is 0 Å². The number of ether oxygens (including phenoxy) is 2. The minimum atomic E-state index is -0.316. The van der Waals surface area contributed by atoms with Crippen molar-refractivity contribution >= 4 is 0 Å². The van der Waals surface area contributed by atoms with Crippen molar-refractivity contribution in [3.8, 4) is 0 Å². The quantitative estimate of drug-likeness (QED) is 0.784. The van der Waals surface area contributed by atoms with E-state index in [1.54, 1.807) is 7.11 Å². The molecular formula is C13H24O3. The molecule has 0 amide bonds. The first-order chi connectivity index (χ1) is 7.77. The van der Waals surface area contributed by atoms with Gasteiger partial charge in [0.05, 0.1) is 17.8 Å². The van der Waals surface area contributed by atoms with E-state index in [0.717, 1.165) is 38.7 Å². The Balaban J connectivity index is 1.78. The molecule has 3 heteroatoms. The summed E-state index contributed by atoms with van der Waals surface area (Å²) >= 11 is 0. The fourth-order valence-corrected chi connectivity index (χ4v) is 3.13. The van der Waals surface area contributed by atoms with Gasteiger partial charge in [-0.3, -0.25) is 0 Å². The lowest BCUT2D eigenvalue weighted by Crippen LogP contribution is -2.41. The Morgan fingerprint density at radius 3 is 2.69 bits per heavy atom. The molecule has 2 rings (SSSR count). The van der Waals surface area contributed by atoms with Crippen molar-refractivity contribution in [2.24, 2.45) is 0 Å². The van der Waals surface area contributed by atoms with Gasteiger partial charge in [0.15, 0.2) is 0 Å². The van der Waals surface area contributed by atoms with Crippen LogP contribution in [0.4, 0.5) is 0 Å². The van der Waals surface area contributed by atoms with Crippen molar-refractivity contribution in [2.45, 2.75) is 69.2 Å². The summed E-state index contributed by atoms with van der Waals surface area (Å²) in [5, 5.41) is 10.3. The normalized spacial score (nSPS) is 30.8. The topological polar surface area (TPSA) is 38.7 Å². The molecule has 2 atom stereocenters. The molecule has 1 heterocycles. The molecule has 94 valence electrons. The first kappa shape index (κ1) is 12.3. The summed E-state index contributed by atoms with van der Waals surface area (Å²) in [4.78, 5) is 0. The van der Waals surface area contributed by atoms with Gasteiger partial charge in [-0.1, -0.05) is 12.8 Å². The Morgan fingerprint density at radius 1 is 1.38 bits per heavy atom. The van der Waals surface area contributed by atoms with Crippen molar-refractivity contribution in [1.29, 1.82) is 0 Å². The summed E-state index contributed by atoms with van der Waals surface area (Å²) in [5.74, 6) is 0. The molecule has 1 aliphatic carbocycles. The minimum Gasteiger partial charge on any atom is -0.390 e. The molecule has 2 aliphatic rings. The highest BCUT2D eigenvalue weighted by atomic mass is 16.5. The van der Waals surface area contributed by atoms with Crippen molar-refractivity contribution in [3.63, 3.8) is 0 Å². The van der Waals surface area contributed by atoms with Crippen molar-refractivity contribution in [2.75, 3.05) is 13.7 Å². The van der Waals surface area contributed by atoms with Crippen LogP contribution in [0.2, 0.25) is 0 Å². The van der Waals surface area contributed by atoms with Gasteiger partial charge in [0, 0.05) is 13.7 Å². The Morgan fingerprint density at radius 2 is 2.12 bits per heavy atom. The van der Waals surface area contributed by atoms with E-state index >= 15 is 0 Å². The van der Waals surface area contributed by atoms with E-state index < -0.39 is 0 Å². The number of rotatable bonds is 5. The van der Waals surface area contributed by atoms with Crippen LogP contribution < -0.4 is 0 Å². The van der Waals surface area contributed by atoms with Crippen LogP contribution in [0, 0.1) is 0 Å². The second kappa shape index (κ2) is 5.48. The molecule has 0 aromatic heterocycles. The van der Waals surface area contributed by atoms with E-state index in [2.05, 4.69) is 0 Å². The van der Waals surface area contributed by atoms with E-state index in [-0.39, 0.29) is 11.7 Å². The number of hydrogen-bond donors (Lipinski definition) is 1. The molecule has 16 heavy (non-hydrogen) atoms. The zero-order chi connectivity index (χ0) is 11.4. The number of methoxy groups -OCH3 is 1. The maximum Gasteiger partial charge on any atom is 0.0936 e. The number of aliphatic hydroxyl groups is 1. The zero-order valence-corrected chi connectivity index (χ0v) is 10.3. The van der Waals surface area contributed by atoms with Gasteiger partial charge in [0.1, 0.15) is 0 Å². The highest BCUT2D eigenvalue weighted by Gasteiger charge is 2.40. The van der Waals surface area contributed by atoms with Gasteiger partial charge in [0.25, 0.3) is 0 Å². The van der Waals surface area contributed by atoms with Gasteiger partial charge in [0.2, 0.25) is 0 Å². The summed E-state index contributed by atoms with van der Waals surface area (Å²) in [7, 11) is 1.74. The maximum absolute atomic E-state index is 10.3. The highest BCUT2D eigenvalue weighted by Crippen LogP contribution is 2.37. The smallest absolute Gasteiger partial charge is 0.0936 e. The predicted octanol–water partition coefficient (Wildman–Crippen LogP) is 2.27. The van der Waals surface area contributed by atoms with Gasteiger partial charge >= 0.3 is 0 Å². The van der Waals surface area contributed by atoms with Gasteiger partial charge in [-0.2, -0.15) is 0 Å². The molecule has 0 aromatic rings. The average molecular weight is 228 g/mol. The molecule has 1 saturated heterocycles. The third-order valence-electron chi connectivity index (χ3n) is 4.25. The average Bonchev–Trinajstić information content (AvgIpc) is 2.97. The van der Waals surface area contributed by atoms with E-state index in [4.69, 9.17) is 9.47 Å². The largest absolute Gasteiger partial charge is 0.390 e. The van der Waals surface area contributed by atoms with Gasteiger partial charge < -0.3 is 14.6 Å². The van der Waals surface area contributed by atoms with Crippen LogP contribution in [-0.2, 0) is 9.47 Å².